The van der Waals surface area contributed by atoms with Crippen LogP contribution in [0.25, 0.3) is 11.1 Å². The van der Waals surface area contributed by atoms with Crippen LogP contribution in [0, 0.1) is 5.41 Å². The van der Waals surface area contributed by atoms with Crippen molar-refractivity contribution in [2.24, 2.45) is 5.73 Å². The highest BCUT2D eigenvalue weighted by molar-refractivity contribution is 7.86. The summed E-state index contributed by atoms with van der Waals surface area (Å²) < 4.78 is 27.8. The van der Waals surface area contributed by atoms with Gasteiger partial charge in [0, 0.05) is 22.4 Å². The lowest BCUT2D eigenvalue weighted by Gasteiger charge is -2.15. The van der Waals surface area contributed by atoms with Crippen LogP contribution in [0.1, 0.15) is 36.6 Å². The molecule has 0 spiro atoms. The molecule has 0 aliphatic carbocycles. The minimum atomic E-state index is -4.23. The molecule has 0 heterocycles. The van der Waals surface area contributed by atoms with Crippen molar-refractivity contribution in [3.05, 3.63) is 89.0 Å². The van der Waals surface area contributed by atoms with Crippen molar-refractivity contribution in [2.75, 3.05) is 18.1 Å². The predicted octanol–water partition coefficient (Wildman–Crippen LogP) is 1.82. The number of rotatable bonds is 9. The molecular formula is C25H22N4O8S. The van der Waals surface area contributed by atoms with Crippen molar-refractivity contribution >= 4 is 45.4 Å². The fourth-order valence-corrected chi connectivity index (χ4v) is 3.74. The summed E-state index contributed by atoms with van der Waals surface area (Å²) >= 11 is 0. The van der Waals surface area contributed by atoms with Crippen LogP contribution in [-0.4, -0.2) is 55.9 Å². The maximum Gasteiger partial charge on any atom is 0.354 e. The van der Waals surface area contributed by atoms with Gasteiger partial charge in [-0.15, -0.1) is 0 Å². The number of carbonyl (C=O) groups is 4. The molecule has 0 unspecified atom stereocenters. The van der Waals surface area contributed by atoms with Gasteiger partial charge in [-0.3, -0.25) is 19.8 Å². The van der Waals surface area contributed by atoms with E-state index in [9.17, 15) is 27.6 Å². The van der Waals surface area contributed by atoms with Crippen molar-refractivity contribution in [2.45, 2.75) is 0 Å². The number of carboxylic acid groups (broad SMARTS) is 1. The van der Waals surface area contributed by atoms with Gasteiger partial charge in [0.2, 0.25) is 0 Å². The van der Waals surface area contributed by atoms with Gasteiger partial charge in [0.1, 0.15) is 12.4 Å². The Kier molecular flexibility index (Phi) is 8.23. The molecular weight excluding hydrogens is 516 g/mol. The van der Waals surface area contributed by atoms with Gasteiger partial charge in [-0.2, -0.15) is 8.42 Å². The average molecular weight is 539 g/mol. The number of aliphatic carboxylic acids is 1. The zero-order valence-electron chi connectivity index (χ0n) is 19.8. The Morgan fingerprint density at radius 2 is 1.50 bits per heavy atom. The topological polar surface area (TPSA) is 206 Å². The molecule has 0 saturated carbocycles. The molecule has 0 aliphatic heterocycles. The van der Waals surface area contributed by atoms with Crippen LogP contribution in [0.2, 0.25) is 0 Å². The molecule has 6 N–H and O–H groups in total. The lowest BCUT2D eigenvalue weighted by atomic mass is 9.93. The summed E-state index contributed by atoms with van der Waals surface area (Å²) in [5.74, 6) is -4.12. The molecule has 3 aromatic carbocycles. The van der Waals surface area contributed by atoms with E-state index in [-0.39, 0.29) is 33.7 Å². The molecule has 196 valence electrons. The van der Waals surface area contributed by atoms with E-state index < -0.39 is 40.4 Å². The average Bonchev–Trinajstić information content (AvgIpc) is 2.86. The number of nitrogens with two attached hydrogens (primary N) is 1. The van der Waals surface area contributed by atoms with Crippen LogP contribution in [0.15, 0.2) is 66.7 Å². The second-order valence-corrected chi connectivity index (χ2v) is 9.48. The Morgan fingerprint density at radius 3 is 2.11 bits per heavy atom. The number of carbonyl (C=O) groups excluding carboxylic acids is 3. The Labute approximate surface area is 217 Å². The number of hydrogen-bond acceptors (Lipinski definition) is 8. The smallest absolute Gasteiger partial charge is 0.354 e. The molecule has 0 fully saturated rings. The second-order valence-electron chi connectivity index (χ2n) is 7.90. The first kappa shape index (κ1) is 27.5. The third-order valence-corrected chi connectivity index (χ3v) is 5.50. The Hall–Kier alpha value is -5.04. The first-order chi connectivity index (χ1) is 17.9. The quantitative estimate of drug-likeness (QED) is 0.153. The van der Waals surface area contributed by atoms with Gasteiger partial charge in [-0.25, -0.2) is 4.79 Å². The first-order valence-electron chi connectivity index (χ1n) is 10.8. The summed E-state index contributed by atoms with van der Waals surface area (Å²) in [4.78, 5) is 49.1. The molecule has 0 atom stereocenters. The Bertz CT molecular complexity index is 1550. The van der Waals surface area contributed by atoms with Gasteiger partial charge in [0.25, 0.3) is 11.8 Å². The van der Waals surface area contributed by atoms with Gasteiger partial charge < -0.3 is 25.7 Å². The summed E-state index contributed by atoms with van der Waals surface area (Å²) in [6.07, 6.45) is 0.673. The van der Waals surface area contributed by atoms with Gasteiger partial charge in [-0.1, -0.05) is 24.3 Å². The van der Waals surface area contributed by atoms with Gasteiger partial charge >= 0.3 is 22.1 Å². The number of hydrogen-bond donors (Lipinski definition) is 5. The van der Waals surface area contributed by atoms with E-state index in [2.05, 4.69) is 14.8 Å². The SMILES string of the molecule is CS(=O)(=O)OC(=O)c1cc(C(=O)NCC(=O)O)ccc1-c1ccccc1C(=O)Nc1ccc(C(=N)N)cc1. The van der Waals surface area contributed by atoms with E-state index >= 15 is 0 Å². The number of anilines is 1. The number of carboxylic acids is 1. The molecule has 13 heteroatoms. The minimum Gasteiger partial charge on any atom is -0.480 e. The number of amidine groups is 1. The number of nitrogens with one attached hydrogen (secondary N) is 3. The normalized spacial score (nSPS) is 10.8. The summed E-state index contributed by atoms with van der Waals surface area (Å²) in [5, 5.41) is 21.1. The van der Waals surface area contributed by atoms with Gasteiger partial charge in [0.15, 0.2) is 0 Å². The number of amides is 2. The highest BCUT2D eigenvalue weighted by atomic mass is 32.2. The van der Waals surface area contributed by atoms with Crippen LogP contribution in [0.5, 0.6) is 0 Å². The van der Waals surface area contributed by atoms with E-state index in [0.29, 0.717) is 17.5 Å². The molecule has 0 aromatic heterocycles. The highest BCUT2D eigenvalue weighted by Gasteiger charge is 2.23. The number of benzene rings is 3. The van der Waals surface area contributed by atoms with Gasteiger partial charge in [0.05, 0.1) is 11.8 Å². The van der Waals surface area contributed by atoms with Gasteiger partial charge in [-0.05, 0) is 53.6 Å². The van der Waals surface area contributed by atoms with Crippen molar-refractivity contribution in [1.29, 1.82) is 5.41 Å². The molecule has 2 amide bonds. The van der Waals surface area contributed by atoms with Crippen molar-refractivity contribution in [3.63, 3.8) is 0 Å². The molecule has 12 nitrogen and oxygen atoms in total. The Balaban J connectivity index is 2.05. The van der Waals surface area contributed by atoms with Crippen LogP contribution in [0.3, 0.4) is 0 Å². The zero-order chi connectivity index (χ0) is 28.0. The highest BCUT2D eigenvalue weighted by Crippen LogP contribution is 2.30. The fraction of sp³-hybridized carbons (Fsp3) is 0.0800. The third kappa shape index (κ3) is 7.01. The van der Waals surface area contributed by atoms with Crippen LogP contribution < -0.4 is 16.4 Å². The molecule has 3 rings (SSSR count). The summed E-state index contributed by atoms with van der Waals surface area (Å²) in [7, 11) is -4.23. The monoisotopic (exact) mass is 538 g/mol. The van der Waals surface area contributed by atoms with Crippen LogP contribution in [-0.2, 0) is 19.1 Å². The molecule has 0 radical (unpaired) electrons. The largest absolute Gasteiger partial charge is 0.480 e. The lowest BCUT2D eigenvalue weighted by Crippen LogP contribution is -2.29. The maximum absolute atomic E-state index is 13.2. The lowest BCUT2D eigenvalue weighted by molar-refractivity contribution is -0.135. The summed E-state index contributed by atoms with van der Waals surface area (Å²) in [6, 6.07) is 16.0. The Morgan fingerprint density at radius 1 is 0.895 bits per heavy atom. The van der Waals surface area contributed by atoms with Crippen molar-refractivity contribution in [1.82, 2.24) is 5.32 Å². The van der Waals surface area contributed by atoms with Crippen molar-refractivity contribution in [3.8, 4) is 11.1 Å². The fourth-order valence-electron chi connectivity index (χ4n) is 3.38. The standard InChI is InChI=1S/C25H22N4O8S/c1-38(35,36)37-25(34)20-12-15(23(32)28-13-21(30)31)8-11-18(20)17-4-2-3-5-19(17)24(33)29-16-9-6-14(7-10-16)22(26)27/h2-12H,13H2,1H3,(H3,26,27)(H,28,32)(H,29,33)(H,30,31). The molecule has 38 heavy (non-hydrogen) atoms. The van der Waals surface area contributed by atoms with Crippen LogP contribution in [0.4, 0.5) is 5.69 Å². The first-order valence-corrected chi connectivity index (χ1v) is 12.6. The molecule has 3 aromatic rings. The molecule has 0 bridgehead atoms. The second kappa shape index (κ2) is 11.3. The van der Waals surface area contributed by atoms with E-state index in [0.717, 1.165) is 6.07 Å². The maximum atomic E-state index is 13.2. The van der Waals surface area contributed by atoms with E-state index in [1.807, 2.05) is 0 Å². The predicted molar refractivity (Wildman–Crippen MR) is 138 cm³/mol. The zero-order valence-corrected chi connectivity index (χ0v) is 20.7. The summed E-state index contributed by atoms with van der Waals surface area (Å²) in [5.41, 5.74) is 6.25. The van der Waals surface area contributed by atoms with E-state index in [1.165, 1.54) is 24.3 Å². The minimum absolute atomic E-state index is 0.0890. The van der Waals surface area contributed by atoms with E-state index in [1.54, 1.807) is 36.4 Å². The number of nitrogen functional groups attached to an aromatic ring is 1. The third-order valence-electron chi connectivity index (χ3n) is 5.04. The summed E-state index contributed by atoms with van der Waals surface area (Å²) in [6.45, 7) is -0.680. The van der Waals surface area contributed by atoms with Crippen molar-refractivity contribution < 1.29 is 36.9 Å². The molecule has 0 saturated heterocycles. The molecule has 0 aliphatic rings. The van der Waals surface area contributed by atoms with Crippen LogP contribution >= 0.6 is 0 Å². The van der Waals surface area contributed by atoms with E-state index in [4.69, 9.17) is 16.2 Å².